The van der Waals surface area contributed by atoms with Crippen LogP contribution in [-0.4, -0.2) is 29.4 Å². The SMILES string of the molecule is CON1C(=O)OC(C(C)(C)C)C1=S. The lowest BCUT2D eigenvalue weighted by atomic mass is 9.89. The number of cyclic esters (lactones) is 1. The van der Waals surface area contributed by atoms with Crippen LogP contribution in [0.15, 0.2) is 0 Å². The maximum absolute atomic E-state index is 11.2. The minimum Gasteiger partial charge on any atom is -0.436 e. The fourth-order valence-corrected chi connectivity index (χ4v) is 1.66. The van der Waals surface area contributed by atoms with Gasteiger partial charge < -0.3 is 4.74 Å². The maximum Gasteiger partial charge on any atom is 0.440 e. The van der Waals surface area contributed by atoms with E-state index in [2.05, 4.69) is 0 Å². The van der Waals surface area contributed by atoms with Crippen LogP contribution in [-0.2, 0) is 9.57 Å². The zero-order chi connectivity index (χ0) is 10.2. The molecule has 0 N–H and O–H groups in total. The molecule has 0 aromatic heterocycles. The van der Waals surface area contributed by atoms with E-state index < -0.39 is 6.09 Å². The molecule has 74 valence electrons. The van der Waals surface area contributed by atoms with Gasteiger partial charge in [-0.25, -0.2) is 4.79 Å². The molecule has 0 aromatic rings. The Bertz CT molecular complexity index is 246. The lowest BCUT2D eigenvalue weighted by Crippen LogP contribution is -2.35. The molecule has 5 heteroatoms. The Morgan fingerprint density at radius 3 is 2.31 bits per heavy atom. The zero-order valence-electron chi connectivity index (χ0n) is 8.16. The average Bonchev–Trinajstić information content (AvgIpc) is 2.25. The van der Waals surface area contributed by atoms with Crippen LogP contribution in [0.5, 0.6) is 0 Å². The minimum absolute atomic E-state index is 0.194. The van der Waals surface area contributed by atoms with Crippen LogP contribution < -0.4 is 0 Å². The maximum atomic E-state index is 11.2. The number of hydroxylamine groups is 2. The average molecular weight is 203 g/mol. The molecule has 0 saturated carbocycles. The summed E-state index contributed by atoms with van der Waals surface area (Å²) in [5.74, 6) is 0. The van der Waals surface area contributed by atoms with E-state index in [1.165, 1.54) is 7.11 Å². The fraction of sp³-hybridized carbons (Fsp3) is 0.750. The Kier molecular flexibility index (Phi) is 2.58. The van der Waals surface area contributed by atoms with Crippen LogP contribution >= 0.6 is 12.2 Å². The largest absolute Gasteiger partial charge is 0.440 e. The third-order valence-electron chi connectivity index (χ3n) is 1.78. The van der Waals surface area contributed by atoms with Crippen molar-refractivity contribution in [2.75, 3.05) is 7.11 Å². The summed E-state index contributed by atoms with van der Waals surface area (Å²) in [4.78, 5) is 16.3. The number of carbonyl (C=O) groups is 1. The summed E-state index contributed by atoms with van der Waals surface area (Å²) in [5, 5.41) is 1.01. The van der Waals surface area contributed by atoms with Gasteiger partial charge in [0.25, 0.3) is 0 Å². The smallest absolute Gasteiger partial charge is 0.436 e. The summed E-state index contributed by atoms with van der Waals surface area (Å²) in [6.07, 6.45) is -0.914. The molecule has 4 nitrogen and oxygen atoms in total. The minimum atomic E-state index is -0.535. The number of thiocarbonyl (C=S) groups is 1. The van der Waals surface area contributed by atoms with E-state index in [4.69, 9.17) is 21.8 Å². The Morgan fingerprint density at radius 1 is 1.54 bits per heavy atom. The topological polar surface area (TPSA) is 38.8 Å². The van der Waals surface area contributed by atoms with Crippen molar-refractivity contribution >= 4 is 23.3 Å². The molecule has 1 saturated heterocycles. The number of ether oxygens (including phenoxy) is 1. The predicted molar refractivity (Wildman–Crippen MR) is 51.2 cm³/mol. The molecule has 0 radical (unpaired) electrons. The first kappa shape index (κ1) is 10.4. The summed E-state index contributed by atoms with van der Waals surface area (Å²) in [5.41, 5.74) is -0.194. The Morgan fingerprint density at radius 2 is 2.08 bits per heavy atom. The number of nitrogens with zero attached hydrogens (tertiary/aromatic N) is 1. The molecule has 0 aromatic carbocycles. The highest BCUT2D eigenvalue weighted by atomic mass is 32.1. The van der Waals surface area contributed by atoms with E-state index >= 15 is 0 Å². The predicted octanol–water partition coefficient (Wildman–Crippen LogP) is 1.74. The normalized spacial score (nSPS) is 23.7. The molecule has 1 heterocycles. The third-order valence-corrected chi connectivity index (χ3v) is 2.16. The van der Waals surface area contributed by atoms with Gasteiger partial charge in [-0.3, -0.25) is 4.84 Å². The van der Waals surface area contributed by atoms with Gasteiger partial charge in [-0.05, 0) is 0 Å². The van der Waals surface area contributed by atoms with Gasteiger partial charge in [0, 0.05) is 5.41 Å². The van der Waals surface area contributed by atoms with Crippen LogP contribution in [0.1, 0.15) is 20.8 Å². The lowest BCUT2D eigenvalue weighted by molar-refractivity contribution is -0.0325. The summed E-state index contributed by atoms with van der Waals surface area (Å²) < 4.78 is 5.06. The molecule has 0 aliphatic carbocycles. The van der Waals surface area contributed by atoms with Crippen molar-refractivity contribution in [1.82, 2.24) is 5.06 Å². The number of rotatable bonds is 1. The Labute approximate surface area is 82.7 Å². The third kappa shape index (κ3) is 1.81. The van der Waals surface area contributed by atoms with Crippen LogP contribution in [0.4, 0.5) is 4.79 Å². The molecule has 1 amide bonds. The van der Waals surface area contributed by atoms with Crippen molar-refractivity contribution < 1.29 is 14.4 Å². The fourth-order valence-electron chi connectivity index (χ4n) is 1.11. The molecule has 1 fully saturated rings. The van der Waals surface area contributed by atoms with Gasteiger partial charge in [-0.1, -0.05) is 33.0 Å². The van der Waals surface area contributed by atoms with Crippen molar-refractivity contribution in [3.8, 4) is 0 Å². The van der Waals surface area contributed by atoms with Crippen molar-refractivity contribution in [3.63, 3.8) is 0 Å². The van der Waals surface area contributed by atoms with Gasteiger partial charge in [0.1, 0.15) is 0 Å². The summed E-state index contributed by atoms with van der Waals surface area (Å²) in [6, 6.07) is 0. The monoisotopic (exact) mass is 203 g/mol. The van der Waals surface area contributed by atoms with Crippen LogP contribution in [0.2, 0.25) is 0 Å². The van der Waals surface area contributed by atoms with E-state index in [1.807, 2.05) is 20.8 Å². The van der Waals surface area contributed by atoms with Crippen LogP contribution in [0, 0.1) is 5.41 Å². The van der Waals surface area contributed by atoms with E-state index in [-0.39, 0.29) is 11.5 Å². The highest BCUT2D eigenvalue weighted by molar-refractivity contribution is 7.80. The van der Waals surface area contributed by atoms with Gasteiger partial charge in [-0.2, -0.15) is 0 Å². The molecule has 1 aliphatic rings. The quantitative estimate of drug-likeness (QED) is 0.608. The van der Waals surface area contributed by atoms with Crippen molar-refractivity contribution in [2.45, 2.75) is 26.9 Å². The first-order chi connectivity index (χ1) is 5.88. The Hall–Kier alpha value is -0.680. The number of hydrogen-bond acceptors (Lipinski definition) is 4. The van der Waals surface area contributed by atoms with Crippen LogP contribution in [0.25, 0.3) is 0 Å². The summed E-state index contributed by atoms with van der Waals surface area (Å²) in [6.45, 7) is 5.86. The van der Waals surface area contributed by atoms with Crippen LogP contribution in [0.3, 0.4) is 0 Å². The molecule has 13 heavy (non-hydrogen) atoms. The lowest BCUT2D eigenvalue weighted by Gasteiger charge is -2.24. The molecule has 1 rings (SSSR count). The van der Waals surface area contributed by atoms with Gasteiger partial charge in [0.05, 0.1) is 7.11 Å². The molecular weight excluding hydrogens is 190 g/mol. The second-order valence-corrected chi connectivity index (χ2v) is 4.36. The summed E-state index contributed by atoms with van der Waals surface area (Å²) in [7, 11) is 1.39. The zero-order valence-corrected chi connectivity index (χ0v) is 8.97. The molecule has 0 bridgehead atoms. The van der Waals surface area contributed by atoms with Crippen molar-refractivity contribution in [3.05, 3.63) is 0 Å². The highest BCUT2D eigenvalue weighted by Crippen LogP contribution is 2.29. The molecule has 1 aliphatic heterocycles. The first-order valence-electron chi connectivity index (χ1n) is 3.96. The molecule has 1 unspecified atom stereocenters. The summed E-state index contributed by atoms with van der Waals surface area (Å²) >= 11 is 5.04. The van der Waals surface area contributed by atoms with Gasteiger partial charge in [0.2, 0.25) is 0 Å². The number of hydrogen-bond donors (Lipinski definition) is 0. The number of carbonyl (C=O) groups excluding carboxylic acids is 1. The van der Waals surface area contributed by atoms with E-state index in [0.717, 1.165) is 5.06 Å². The Balaban J connectivity index is 2.85. The highest BCUT2D eigenvalue weighted by Gasteiger charge is 2.44. The van der Waals surface area contributed by atoms with E-state index in [0.29, 0.717) is 4.99 Å². The van der Waals surface area contributed by atoms with E-state index in [1.54, 1.807) is 0 Å². The van der Waals surface area contributed by atoms with Crippen molar-refractivity contribution in [2.24, 2.45) is 5.41 Å². The first-order valence-corrected chi connectivity index (χ1v) is 4.37. The standard InChI is InChI=1S/C8H13NO3S/c1-8(2,3)5-6(13)9(11-4)7(10)12-5/h5H,1-4H3. The van der Waals surface area contributed by atoms with Gasteiger partial charge in [-0.15, -0.1) is 5.06 Å². The second kappa shape index (κ2) is 3.23. The second-order valence-electron chi connectivity index (χ2n) is 3.95. The van der Waals surface area contributed by atoms with E-state index in [9.17, 15) is 4.79 Å². The van der Waals surface area contributed by atoms with Gasteiger partial charge in [0.15, 0.2) is 11.1 Å². The molecule has 1 atom stereocenters. The molecule has 0 spiro atoms. The van der Waals surface area contributed by atoms with Gasteiger partial charge >= 0.3 is 6.09 Å². The number of amides is 1. The van der Waals surface area contributed by atoms with Crippen molar-refractivity contribution in [1.29, 1.82) is 0 Å². The molecular formula is C8H13NO3S.